The van der Waals surface area contributed by atoms with E-state index in [1.165, 1.54) is 11.3 Å². The molecular weight excluding hydrogens is 274 g/mol. The summed E-state index contributed by atoms with van der Waals surface area (Å²) in [7, 11) is 1.65. The maximum Gasteiger partial charge on any atom is 0.268 e. The number of nitrogen functional groups attached to an aromatic ring is 1. The molecule has 0 aliphatic heterocycles. The van der Waals surface area contributed by atoms with Gasteiger partial charge in [-0.2, -0.15) is 4.98 Å². The molecule has 6 heteroatoms. The number of anilines is 1. The van der Waals surface area contributed by atoms with Crippen molar-refractivity contribution in [3.8, 4) is 27.9 Å². The Morgan fingerprint density at radius 2 is 2.10 bits per heavy atom. The van der Waals surface area contributed by atoms with E-state index in [0.29, 0.717) is 11.7 Å². The molecule has 3 rings (SSSR count). The molecule has 5 nitrogen and oxygen atoms in total. The van der Waals surface area contributed by atoms with Gasteiger partial charge in [-0.05, 0) is 42.8 Å². The molecule has 0 saturated carbocycles. The van der Waals surface area contributed by atoms with Gasteiger partial charge in [-0.1, -0.05) is 5.16 Å². The number of thiophene rings is 1. The number of aryl methyl sites for hydroxylation is 1. The maximum atomic E-state index is 5.70. The minimum Gasteiger partial charge on any atom is -0.496 e. The van der Waals surface area contributed by atoms with Crippen LogP contribution in [0.5, 0.6) is 5.75 Å². The van der Waals surface area contributed by atoms with E-state index in [2.05, 4.69) is 10.1 Å². The van der Waals surface area contributed by atoms with Gasteiger partial charge in [-0.15, -0.1) is 11.3 Å². The highest BCUT2D eigenvalue weighted by atomic mass is 32.1. The summed E-state index contributed by atoms with van der Waals surface area (Å²) in [6, 6.07) is 9.46. The Morgan fingerprint density at radius 3 is 2.75 bits per heavy atom. The highest BCUT2D eigenvalue weighted by molar-refractivity contribution is 7.19. The summed E-state index contributed by atoms with van der Waals surface area (Å²) >= 11 is 1.42. The fourth-order valence-electron chi connectivity index (χ4n) is 1.93. The summed E-state index contributed by atoms with van der Waals surface area (Å²) in [6.45, 7) is 1.98. The normalized spacial score (nSPS) is 10.7. The molecular formula is C14H13N3O2S. The van der Waals surface area contributed by atoms with Gasteiger partial charge >= 0.3 is 0 Å². The number of hydrogen-bond acceptors (Lipinski definition) is 6. The molecule has 102 valence electrons. The molecule has 0 amide bonds. The second kappa shape index (κ2) is 4.97. The largest absolute Gasteiger partial charge is 0.496 e. The zero-order valence-electron chi connectivity index (χ0n) is 11.1. The van der Waals surface area contributed by atoms with Crippen LogP contribution < -0.4 is 10.5 Å². The summed E-state index contributed by atoms with van der Waals surface area (Å²) in [5, 5.41) is 4.73. The molecule has 2 aromatic heterocycles. The average Bonchev–Trinajstić information content (AvgIpc) is 3.07. The van der Waals surface area contributed by atoms with E-state index in [-0.39, 0.29) is 0 Å². The van der Waals surface area contributed by atoms with Crippen molar-refractivity contribution in [2.45, 2.75) is 6.92 Å². The van der Waals surface area contributed by atoms with Gasteiger partial charge in [0, 0.05) is 5.56 Å². The Balaban J connectivity index is 1.95. The lowest BCUT2D eigenvalue weighted by Crippen LogP contribution is -1.88. The van der Waals surface area contributed by atoms with Gasteiger partial charge in [0.05, 0.1) is 17.0 Å². The summed E-state index contributed by atoms with van der Waals surface area (Å²) in [5.74, 6) is 1.87. The molecule has 2 heterocycles. The van der Waals surface area contributed by atoms with Gasteiger partial charge < -0.3 is 15.0 Å². The quantitative estimate of drug-likeness (QED) is 0.799. The van der Waals surface area contributed by atoms with E-state index in [1.807, 2.05) is 37.3 Å². The highest BCUT2D eigenvalue weighted by Crippen LogP contribution is 2.30. The van der Waals surface area contributed by atoms with Gasteiger partial charge in [0.1, 0.15) is 5.75 Å². The Kier molecular flexibility index (Phi) is 3.15. The van der Waals surface area contributed by atoms with Crippen molar-refractivity contribution >= 4 is 16.3 Å². The van der Waals surface area contributed by atoms with E-state index in [0.717, 1.165) is 26.8 Å². The highest BCUT2D eigenvalue weighted by Gasteiger charge is 2.13. The van der Waals surface area contributed by atoms with E-state index in [9.17, 15) is 0 Å². The van der Waals surface area contributed by atoms with Crippen LogP contribution in [0.4, 0.5) is 5.00 Å². The van der Waals surface area contributed by atoms with Crippen LogP contribution >= 0.6 is 11.3 Å². The second-order valence-electron chi connectivity index (χ2n) is 4.31. The first kappa shape index (κ1) is 12.7. The van der Waals surface area contributed by atoms with E-state index in [4.69, 9.17) is 15.0 Å². The topological polar surface area (TPSA) is 74.2 Å². The minimum absolute atomic E-state index is 0.482. The van der Waals surface area contributed by atoms with Crippen molar-refractivity contribution in [1.82, 2.24) is 10.1 Å². The van der Waals surface area contributed by atoms with E-state index in [1.54, 1.807) is 7.11 Å². The predicted octanol–water partition coefficient (Wildman–Crippen LogP) is 3.36. The Bertz CT molecular complexity index is 748. The van der Waals surface area contributed by atoms with Crippen molar-refractivity contribution in [2.24, 2.45) is 0 Å². The molecule has 0 fully saturated rings. The number of hydrogen-bond donors (Lipinski definition) is 1. The first-order valence-electron chi connectivity index (χ1n) is 6.02. The van der Waals surface area contributed by atoms with Crippen LogP contribution in [0.25, 0.3) is 22.2 Å². The van der Waals surface area contributed by atoms with Crippen molar-refractivity contribution < 1.29 is 9.26 Å². The molecule has 1 aromatic carbocycles. The summed E-state index contributed by atoms with van der Waals surface area (Å²) in [5.41, 5.74) is 7.62. The zero-order chi connectivity index (χ0) is 14.1. The summed E-state index contributed by atoms with van der Waals surface area (Å²) < 4.78 is 10.5. The Hall–Kier alpha value is -2.34. The second-order valence-corrected chi connectivity index (χ2v) is 5.42. The third-order valence-electron chi connectivity index (χ3n) is 2.92. The monoisotopic (exact) mass is 287 g/mol. The van der Waals surface area contributed by atoms with Gasteiger partial charge in [0.15, 0.2) is 0 Å². The third kappa shape index (κ3) is 2.25. The SMILES string of the molecule is COc1ccc(-c2noc(-c3ccc(N)s3)n2)cc1C. The number of aromatic nitrogens is 2. The lowest BCUT2D eigenvalue weighted by Gasteiger charge is -2.04. The van der Waals surface area contributed by atoms with Crippen LogP contribution in [0.3, 0.4) is 0 Å². The predicted molar refractivity (Wildman–Crippen MR) is 78.7 cm³/mol. The molecule has 0 aliphatic carbocycles. The van der Waals surface area contributed by atoms with E-state index < -0.39 is 0 Å². The summed E-state index contributed by atoms with van der Waals surface area (Å²) in [4.78, 5) is 5.26. The fourth-order valence-corrected chi connectivity index (χ4v) is 2.62. The minimum atomic E-state index is 0.482. The number of rotatable bonds is 3. The van der Waals surface area contributed by atoms with Crippen molar-refractivity contribution in [1.29, 1.82) is 0 Å². The lowest BCUT2D eigenvalue weighted by atomic mass is 10.1. The van der Waals surface area contributed by atoms with Crippen LogP contribution in [0.2, 0.25) is 0 Å². The van der Waals surface area contributed by atoms with Gasteiger partial charge in [0.2, 0.25) is 5.82 Å². The molecule has 0 spiro atoms. The molecule has 0 bridgehead atoms. The van der Waals surface area contributed by atoms with Crippen molar-refractivity contribution in [2.75, 3.05) is 12.8 Å². The molecule has 2 N–H and O–H groups in total. The first-order valence-corrected chi connectivity index (χ1v) is 6.83. The van der Waals surface area contributed by atoms with Crippen LogP contribution in [0, 0.1) is 6.92 Å². The van der Waals surface area contributed by atoms with Gasteiger partial charge in [0.25, 0.3) is 5.89 Å². The van der Waals surface area contributed by atoms with Crippen LogP contribution in [-0.2, 0) is 0 Å². The molecule has 20 heavy (non-hydrogen) atoms. The number of ether oxygens (including phenoxy) is 1. The third-order valence-corrected chi connectivity index (χ3v) is 3.82. The molecule has 0 unspecified atom stereocenters. The number of nitrogens with two attached hydrogens (primary N) is 1. The average molecular weight is 287 g/mol. The van der Waals surface area contributed by atoms with Crippen LogP contribution in [0.15, 0.2) is 34.9 Å². The summed E-state index contributed by atoms with van der Waals surface area (Å²) in [6.07, 6.45) is 0. The number of benzene rings is 1. The van der Waals surface area contributed by atoms with Gasteiger partial charge in [-0.25, -0.2) is 0 Å². The smallest absolute Gasteiger partial charge is 0.268 e. The maximum absolute atomic E-state index is 5.70. The molecule has 0 radical (unpaired) electrons. The lowest BCUT2D eigenvalue weighted by molar-refractivity contribution is 0.411. The van der Waals surface area contributed by atoms with Crippen LogP contribution in [-0.4, -0.2) is 17.3 Å². The first-order chi connectivity index (χ1) is 9.67. The number of nitrogens with zero attached hydrogens (tertiary/aromatic N) is 2. The molecule has 0 saturated heterocycles. The Labute approximate surface area is 120 Å². The van der Waals surface area contributed by atoms with Crippen molar-refractivity contribution in [3.05, 3.63) is 35.9 Å². The van der Waals surface area contributed by atoms with Crippen LogP contribution in [0.1, 0.15) is 5.56 Å². The molecule has 0 aliphatic rings. The Morgan fingerprint density at radius 1 is 1.25 bits per heavy atom. The number of methoxy groups -OCH3 is 1. The van der Waals surface area contributed by atoms with E-state index >= 15 is 0 Å². The van der Waals surface area contributed by atoms with Gasteiger partial charge in [-0.3, -0.25) is 0 Å². The fraction of sp³-hybridized carbons (Fsp3) is 0.143. The standard InChI is InChI=1S/C14H13N3O2S/c1-8-7-9(3-4-10(8)18-2)13-16-14(19-17-13)11-5-6-12(15)20-11/h3-7H,15H2,1-2H3. The van der Waals surface area contributed by atoms with Crippen molar-refractivity contribution in [3.63, 3.8) is 0 Å². The molecule has 3 aromatic rings. The zero-order valence-corrected chi connectivity index (χ0v) is 11.9. The molecule has 0 atom stereocenters.